The highest BCUT2D eigenvalue weighted by atomic mass is 19.3. The first-order chi connectivity index (χ1) is 9.05. The minimum absolute atomic E-state index is 0.121. The molecule has 19 heavy (non-hydrogen) atoms. The zero-order valence-corrected chi connectivity index (χ0v) is 10.6. The van der Waals surface area contributed by atoms with Gasteiger partial charge in [0.1, 0.15) is 5.78 Å². The molecule has 0 saturated heterocycles. The van der Waals surface area contributed by atoms with E-state index in [2.05, 4.69) is 10.1 Å². The molecular weight excluding hydrogens is 254 g/mol. The summed E-state index contributed by atoms with van der Waals surface area (Å²) in [5, 5.41) is 3.80. The quantitative estimate of drug-likeness (QED) is 0.828. The summed E-state index contributed by atoms with van der Waals surface area (Å²) in [7, 11) is 0. The molecule has 0 spiro atoms. The normalized spacial score (nSPS) is 30.7. The molecule has 0 amide bonds. The van der Waals surface area contributed by atoms with Crippen molar-refractivity contribution in [2.24, 2.45) is 0 Å². The molecule has 2 aliphatic carbocycles. The lowest BCUT2D eigenvalue weighted by Gasteiger charge is -2.16. The largest absolute Gasteiger partial charge is 0.339 e. The average Bonchev–Trinajstić information content (AvgIpc) is 2.96. The fourth-order valence-corrected chi connectivity index (χ4v) is 2.97. The summed E-state index contributed by atoms with van der Waals surface area (Å²) >= 11 is 0. The van der Waals surface area contributed by atoms with Gasteiger partial charge in [0.25, 0.3) is 0 Å². The molecule has 2 unspecified atom stereocenters. The maximum atomic E-state index is 13.2. The van der Waals surface area contributed by atoms with Crippen molar-refractivity contribution in [1.29, 1.82) is 0 Å². The number of ketones is 1. The molecule has 3 rings (SSSR count). The number of hydrogen-bond donors (Lipinski definition) is 0. The molecule has 0 aromatic carbocycles. The molecule has 2 aliphatic rings. The van der Waals surface area contributed by atoms with Crippen LogP contribution >= 0.6 is 0 Å². The van der Waals surface area contributed by atoms with Gasteiger partial charge in [0.15, 0.2) is 5.82 Å². The summed E-state index contributed by atoms with van der Waals surface area (Å²) in [5.41, 5.74) is 0. The molecule has 2 saturated carbocycles. The van der Waals surface area contributed by atoms with Crippen molar-refractivity contribution in [3.05, 3.63) is 11.7 Å². The third-order valence-corrected chi connectivity index (χ3v) is 4.08. The Labute approximate surface area is 109 Å². The molecule has 0 bridgehead atoms. The zero-order chi connectivity index (χ0) is 13.5. The second-order valence-corrected chi connectivity index (χ2v) is 5.55. The Morgan fingerprint density at radius 3 is 2.79 bits per heavy atom. The van der Waals surface area contributed by atoms with Crippen molar-refractivity contribution < 1.29 is 18.1 Å². The van der Waals surface area contributed by atoms with Gasteiger partial charge in [-0.2, -0.15) is 4.98 Å². The van der Waals surface area contributed by atoms with Gasteiger partial charge in [-0.3, -0.25) is 4.79 Å². The van der Waals surface area contributed by atoms with Gasteiger partial charge in [-0.15, -0.1) is 0 Å². The first-order valence-corrected chi connectivity index (χ1v) is 6.79. The predicted octanol–water partition coefficient (Wildman–Crippen LogP) is 3.20. The van der Waals surface area contributed by atoms with E-state index in [9.17, 15) is 13.6 Å². The van der Waals surface area contributed by atoms with E-state index in [1.54, 1.807) is 0 Å². The van der Waals surface area contributed by atoms with E-state index < -0.39 is 5.92 Å². The van der Waals surface area contributed by atoms with Crippen LogP contribution in [-0.4, -0.2) is 21.8 Å². The van der Waals surface area contributed by atoms with E-state index in [0.29, 0.717) is 24.6 Å². The highest BCUT2D eigenvalue weighted by Gasteiger charge is 2.42. The topological polar surface area (TPSA) is 56.0 Å². The van der Waals surface area contributed by atoms with Crippen LogP contribution in [0.5, 0.6) is 0 Å². The maximum Gasteiger partial charge on any atom is 0.248 e. The Balaban J connectivity index is 1.74. The number of aromatic nitrogens is 2. The van der Waals surface area contributed by atoms with E-state index in [1.807, 2.05) is 0 Å². The first kappa shape index (κ1) is 12.7. The molecule has 104 valence electrons. The van der Waals surface area contributed by atoms with Crippen molar-refractivity contribution in [3.8, 4) is 0 Å². The van der Waals surface area contributed by atoms with Crippen LogP contribution in [0.1, 0.15) is 68.5 Å². The van der Waals surface area contributed by atoms with Crippen LogP contribution in [-0.2, 0) is 4.79 Å². The highest BCUT2D eigenvalue weighted by Crippen LogP contribution is 2.43. The van der Waals surface area contributed by atoms with E-state index in [1.165, 1.54) is 0 Å². The zero-order valence-electron chi connectivity index (χ0n) is 10.6. The maximum absolute atomic E-state index is 13.2. The lowest BCUT2D eigenvalue weighted by atomic mass is 9.88. The molecule has 0 aliphatic heterocycles. The molecule has 6 heteroatoms. The number of carbonyl (C=O) groups is 1. The fraction of sp³-hybridized carbons (Fsp3) is 0.769. The van der Waals surface area contributed by atoms with Gasteiger partial charge in [0.05, 0.1) is 5.92 Å². The smallest absolute Gasteiger partial charge is 0.248 e. The second kappa shape index (κ2) is 4.65. The van der Waals surface area contributed by atoms with E-state index in [-0.39, 0.29) is 30.5 Å². The Bertz CT molecular complexity index is 487. The second-order valence-electron chi connectivity index (χ2n) is 5.55. The Morgan fingerprint density at radius 1 is 1.26 bits per heavy atom. The van der Waals surface area contributed by atoms with Gasteiger partial charge < -0.3 is 4.52 Å². The van der Waals surface area contributed by atoms with Gasteiger partial charge in [0, 0.05) is 25.2 Å². The summed E-state index contributed by atoms with van der Waals surface area (Å²) in [6, 6.07) is 0. The van der Waals surface area contributed by atoms with Crippen LogP contribution in [0.3, 0.4) is 0 Å². The highest BCUT2D eigenvalue weighted by molar-refractivity contribution is 5.85. The Kier molecular flexibility index (Phi) is 3.11. The average molecular weight is 270 g/mol. The van der Waals surface area contributed by atoms with Crippen LogP contribution in [0.25, 0.3) is 0 Å². The SMILES string of the molecule is O=C1CCCCC1c1nc(C2CCC(F)(F)C2)no1. The summed E-state index contributed by atoms with van der Waals surface area (Å²) in [5.74, 6) is -2.51. The summed E-state index contributed by atoms with van der Waals surface area (Å²) < 4.78 is 31.5. The van der Waals surface area contributed by atoms with E-state index in [0.717, 1.165) is 19.3 Å². The molecule has 2 atom stereocenters. The summed E-state index contributed by atoms with van der Waals surface area (Å²) in [6.45, 7) is 0. The lowest BCUT2D eigenvalue weighted by Crippen LogP contribution is -2.17. The van der Waals surface area contributed by atoms with E-state index >= 15 is 0 Å². The van der Waals surface area contributed by atoms with E-state index in [4.69, 9.17) is 4.52 Å². The number of alkyl halides is 2. The molecular formula is C13H16F2N2O2. The van der Waals surface area contributed by atoms with Crippen LogP contribution < -0.4 is 0 Å². The van der Waals surface area contributed by atoms with Crippen LogP contribution in [0.15, 0.2) is 4.52 Å². The minimum atomic E-state index is -2.62. The van der Waals surface area contributed by atoms with Crippen molar-refractivity contribution in [2.45, 2.75) is 62.7 Å². The minimum Gasteiger partial charge on any atom is -0.339 e. The van der Waals surface area contributed by atoms with Gasteiger partial charge >= 0.3 is 0 Å². The number of hydrogen-bond acceptors (Lipinski definition) is 4. The Hall–Kier alpha value is -1.33. The summed E-state index contributed by atoms with van der Waals surface area (Å²) in [4.78, 5) is 16.0. The molecule has 4 nitrogen and oxygen atoms in total. The van der Waals surface area contributed by atoms with Crippen LogP contribution in [0.4, 0.5) is 8.78 Å². The number of nitrogens with zero attached hydrogens (tertiary/aromatic N) is 2. The van der Waals surface area contributed by atoms with Crippen molar-refractivity contribution in [3.63, 3.8) is 0 Å². The predicted molar refractivity (Wildman–Crippen MR) is 62.1 cm³/mol. The molecule has 1 heterocycles. The number of rotatable bonds is 2. The van der Waals surface area contributed by atoms with Gasteiger partial charge in [-0.05, 0) is 19.3 Å². The fourth-order valence-electron chi connectivity index (χ4n) is 2.97. The van der Waals surface area contributed by atoms with Gasteiger partial charge in [0.2, 0.25) is 11.8 Å². The number of halogens is 2. The van der Waals surface area contributed by atoms with Crippen LogP contribution in [0, 0.1) is 0 Å². The Morgan fingerprint density at radius 2 is 2.11 bits per heavy atom. The standard InChI is InChI=1S/C13H16F2N2O2/c14-13(15)6-5-8(7-13)11-16-12(19-17-11)9-3-1-2-4-10(9)18/h8-9H,1-7H2. The molecule has 1 aromatic rings. The number of carbonyl (C=O) groups excluding carboxylic acids is 1. The lowest BCUT2D eigenvalue weighted by molar-refractivity contribution is -0.122. The third-order valence-electron chi connectivity index (χ3n) is 4.08. The monoisotopic (exact) mass is 270 g/mol. The molecule has 0 N–H and O–H groups in total. The van der Waals surface area contributed by atoms with Crippen molar-refractivity contribution in [2.75, 3.05) is 0 Å². The molecule has 2 fully saturated rings. The van der Waals surface area contributed by atoms with Crippen molar-refractivity contribution in [1.82, 2.24) is 10.1 Å². The van der Waals surface area contributed by atoms with Crippen LogP contribution in [0.2, 0.25) is 0 Å². The number of Topliss-reactive ketones (excluding diaryl/α,β-unsaturated/α-hetero) is 1. The summed E-state index contributed by atoms with van der Waals surface area (Å²) in [6.07, 6.45) is 3.19. The van der Waals surface area contributed by atoms with Gasteiger partial charge in [-0.1, -0.05) is 11.6 Å². The third kappa shape index (κ3) is 2.53. The first-order valence-electron chi connectivity index (χ1n) is 6.79. The van der Waals surface area contributed by atoms with Gasteiger partial charge in [-0.25, -0.2) is 8.78 Å². The van der Waals surface area contributed by atoms with Crippen molar-refractivity contribution >= 4 is 5.78 Å². The molecule has 1 aromatic heterocycles. The molecule has 0 radical (unpaired) electrons.